The van der Waals surface area contributed by atoms with Gasteiger partial charge in [0, 0.05) is 29.6 Å². The lowest BCUT2D eigenvalue weighted by Gasteiger charge is -2.22. The number of carbonyl (C=O) groups excluding carboxylic acids is 1. The van der Waals surface area contributed by atoms with Crippen molar-refractivity contribution in [2.75, 3.05) is 10.6 Å². The minimum atomic E-state index is -0.871. The number of pyridine rings is 1. The lowest BCUT2D eigenvalue weighted by Crippen LogP contribution is -2.40. The van der Waals surface area contributed by atoms with Crippen LogP contribution in [0.3, 0.4) is 0 Å². The molecule has 32 heavy (non-hydrogen) atoms. The summed E-state index contributed by atoms with van der Waals surface area (Å²) in [5.41, 5.74) is 1.02. The minimum Gasteiger partial charge on any atom is -0.365 e. The number of carbonyl (C=O) groups is 1. The van der Waals surface area contributed by atoms with Crippen LogP contribution < -0.4 is 26.8 Å². The molecule has 1 amide bonds. The van der Waals surface area contributed by atoms with Crippen molar-refractivity contribution < 1.29 is 4.79 Å². The molecule has 0 bridgehead atoms. The Morgan fingerprint density at radius 1 is 0.875 bits per heavy atom. The highest BCUT2D eigenvalue weighted by atomic mass is 35.5. The lowest BCUT2D eigenvalue weighted by atomic mass is 10.0. The van der Waals surface area contributed by atoms with Gasteiger partial charge >= 0.3 is 0 Å². The van der Waals surface area contributed by atoms with Crippen LogP contribution in [0.1, 0.15) is 17.2 Å². The number of hydrogen-bond donors (Lipinski definition) is 3. The van der Waals surface area contributed by atoms with Crippen LogP contribution in [0.25, 0.3) is 0 Å². The minimum absolute atomic E-state index is 0.0716. The molecule has 7 nitrogen and oxygen atoms in total. The van der Waals surface area contributed by atoms with Crippen LogP contribution in [0.15, 0.2) is 88.7 Å². The highest BCUT2D eigenvalue weighted by Gasteiger charge is 2.27. The van der Waals surface area contributed by atoms with E-state index in [2.05, 4.69) is 20.9 Å². The van der Waals surface area contributed by atoms with E-state index in [0.717, 1.165) is 5.56 Å². The Balaban J connectivity index is 1.56. The van der Waals surface area contributed by atoms with Gasteiger partial charge in [-0.2, -0.15) is 0 Å². The van der Waals surface area contributed by atoms with Gasteiger partial charge in [0.25, 0.3) is 10.9 Å². The van der Waals surface area contributed by atoms with E-state index in [0.29, 0.717) is 16.3 Å². The van der Waals surface area contributed by atoms with E-state index in [9.17, 15) is 14.4 Å². The van der Waals surface area contributed by atoms with Gasteiger partial charge in [-0.15, -0.1) is 0 Å². The van der Waals surface area contributed by atoms with Crippen molar-refractivity contribution in [3.05, 3.63) is 116 Å². The topological polar surface area (TPSA) is 100 Å². The summed E-state index contributed by atoms with van der Waals surface area (Å²) in [5, 5.41) is 9.37. The summed E-state index contributed by atoms with van der Waals surface area (Å²) in [4.78, 5) is 41.5. The van der Waals surface area contributed by atoms with Gasteiger partial charge in [0.2, 0.25) is 5.91 Å². The molecule has 0 aliphatic carbocycles. The smallest absolute Gasteiger partial charge is 0.253 e. The van der Waals surface area contributed by atoms with Gasteiger partial charge in [-0.25, -0.2) is 0 Å². The monoisotopic (exact) mass is 446 g/mol. The highest BCUT2D eigenvalue weighted by molar-refractivity contribution is 6.30. The zero-order valence-electron chi connectivity index (χ0n) is 16.8. The molecule has 0 saturated carbocycles. The number of amides is 1. The molecule has 4 rings (SSSR count). The van der Waals surface area contributed by atoms with Gasteiger partial charge in [-0.3, -0.25) is 19.4 Å². The first kappa shape index (κ1) is 21.3. The Kier molecular flexibility index (Phi) is 6.28. The summed E-state index contributed by atoms with van der Waals surface area (Å²) >= 11 is 5.91. The molecule has 1 heterocycles. The number of benzene rings is 2. The van der Waals surface area contributed by atoms with E-state index in [-0.39, 0.29) is 23.8 Å². The Hall–Kier alpha value is -3.97. The van der Waals surface area contributed by atoms with Crippen molar-refractivity contribution in [1.82, 2.24) is 10.3 Å². The molecule has 0 saturated heterocycles. The van der Waals surface area contributed by atoms with Crippen LogP contribution in [-0.2, 0) is 11.3 Å². The summed E-state index contributed by atoms with van der Waals surface area (Å²) < 4.78 is 0. The molecular weight excluding hydrogens is 428 g/mol. The second kappa shape index (κ2) is 9.45. The lowest BCUT2D eigenvalue weighted by molar-refractivity contribution is -0.122. The molecule has 160 valence electrons. The average Bonchev–Trinajstić information content (AvgIpc) is 2.84. The number of halogens is 1. The summed E-state index contributed by atoms with van der Waals surface area (Å²) in [6, 6.07) is 18.6. The third kappa shape index (κ3) is 4.68. The van der Waals surface area contributed by atoms with E-state index in [1.165, 1.54) is 0 Å². The van der Waals surface area contributed by atoms with Crippen LogP contribution >= 0.6 is 11.6 Å². The van der Waals surface area contributed by atoms with Crippen LogP contribution in [0, 0.1) is 0 Å². The van der Waals surface area contributed by atoms with Crippen molar-refractivity contribution in [2.24, 2.45) is 0 Å². The molecular formula is C24H19ClN4O3. The van der Waals surface area contributed by atoms with Gasteiger partial charge in [0.05, 0.1) is 0 Å². The molecule has 0 aliphatic heterocycles. The number of anilines is 3. The van der Waals surface area contributed by atoms with Gasteiger partial charge in [0.1, 0.15) is 17.4 Å². The maximum absolute atomic E-state index is 13.1. The molecule has 1 atom stereocenters. The fourth-order valence-electron chi connectivity index (χ4n) is 3.21. The molecule has 0 aliphatic rings. The average molecular weight is 447 g/mol. The number of nitrogens with one attached hydrogen (secondary N) is 3. The fourth-order valence-corrected chi connectivity index (χ4v) is 3.34. The maximum atomic E-state index is 13.1. The van der Waals surface area contributed by atoms with Gasteiger partial charge in [-0.1, -0.05) is 54.1 Å². The second-order valence-corrected chi connectivity index (χ2v) is 7.54. The van der Waals surface area contributed by atoms with E-state index in [1.807, 2.05) is 18.2 Å². The largest absolute Gasteiger partial charge is 0.365 e. The standard InChI is InChI=1S/C24H19ClN4O3/c25-17-8-6-15(7-9-17)14-27-24(32)19(16-4-2-1-3-5-16)29-21-20(22(30)23(21)31)28-18-10-12-26-13-11-18/h1-13,19,29H,14H2,(H,26,28)(H,27,32). The van der Waals surface area contributed by atoms with Crippen molar-refractivity contribution in [3.63, 3.8) is 0 Å². The Morgan fingerprint density at radius 3 is 2.22 bits per heavy atom. The van der Waals surface area contributed by atoms with Gasteiger partial charge in [-0.05, 0) is 35.4 Å². The molecule has 1 unspecified atom stereocenters. The van der Waals surface area contributed by atoms with Gasteiger partial charge in [0.15, 0.2) is 0 Å². The maximum Gasteiger partial charge on any atom is 0.253 e. The van der Waals surface area contributed by atoms with Crippen molar-refractivity contribution >= 4 is 34.6 Å². The second-order valence-electron chi connectivity index (χ2n) is 7.10. The Bertz CT molecular complexity index is 1290. The van der Waals surface area contributed by atoms with Crippen LogP contribution in [0.2, 0.25) is 5.02 Å². The number of nitrogens with zero attached hydrogens (tertiary/aromatic N) is 1. The third-order valence-corrected chi connectivity index (χ3v) is 5.18. The normalized spacial score (nSPS) is 11.7. The van der Waals surface area contributed by atoms with Crippen molar-refractivity contribution in [2.45, 2.75) is 12.6 Å². The molecule has 0 radical (unpaired) electrons. The van der Waals surface area contributed by atoms with Gasteiger partial charge < -0.3 is 16.0 Å². The molecule has 8 heteroatoms. The third-order valence-electron chi connectivity index (χ3n) is 4.92. The van der Waals surface area contributed by atoms with E-state index >= 15 is 0 Å². The quantitative estimate of drug-likeness (QED) is 0.358. The SMILES string of the molecule is O=C(NCc1ccc(Cl)cc1)C(Nc1c(Nc2ccncc2)c(=O)c1=O)c1ccccc1. The van der Waals surface area contributed by atoms with E-state index in [4.69, 9.17) is 11.6 Å². The van der Waals surface area contributed by atoms with Crippen LogP contribution in [0.5, 0.6) is 0 Å². The Morgan fingerprint density at radius 2 is 1.53 bits per heavy atom. The fraction of sp³-hybridized carbons (Fsp3) is 0.0833. The molecule has 1 aromatic heterocycles. The Labute approximate surface area is 188 Å². The first-order valence-corrected chi connectivity index (χ1v) is 10.2. The first-order chi connectivity index (χ1) is 15.5. The summed E-state index contributed by atoms with van der Waals surface area (Å²) in [6.45, 7) is 0.287. The summed E-state index contributed by atoms with van der Waals surface area (Å²) in [7, 11) is 0. The van der Waals surface area contributed by atoms with Crippen molar-refractivity contribution in [3.8, 4) is 0 Å². The predicted octanol–water partition coefficient (Wildman–Crippen LogP) is 3.54. The summed E-state index contributed by atoms with van der Waals surface area (Å²) in [6.07, 6.45) is 3.13. The number of hydrogen-bond acceptors (Lipinski definition) is 6. The van der Waals surface area contributed by atoms with E-state index in [1.54, 1.807) is 60.9 Å². The van der Waals surface area contributed by atoms with E-state index < -0.39 is 16.9 Å². The molecule has 3 aromatic carbocycles. The zero-order valence-corrected chi connectivity index (χ0v) is 17.6. The molecule has 0 fully saturated rings. The summed E-state index contributed by atoms with van der Waals surface area (Å²) in [5.74, 6) is -0.339. The van der Waals surface area contributed by atoms with Crippen LogP contribution in [-0.4, -0.2) is 10.9 Å². The number of aromatic nitrogens is 1. The molecule has 4 aromatic rings. The zero-order chi connectivity index (χ0) is 22.5. The van der Waals surface area contributed by atoms with Crippen molar-refractivity contribution in [1.29, 1.82) is 0 Å². The molecule has 3 N–H and O–H groups in total. The predicted molar refractivity (Wildman–Crippen MR) is 125 cm³/mol. The molecule has 0 spiro atoms. The first-order valence-electron chi connectivity index (χ1n) is 9.87. The van der Waals surface area contributed by atoms with Crippen LogP contribution in [0.4, 0.5) is 17.1 Å². The number of rotatable bonds is 8. The highest BCUT2D eigenvalue weighted by Crippen LogP contribution is 2.25.